The molecule has 5 nitrogen and oxygen atoms in total. The van der Waals surface area contributed by atoms with E-state index in [-0.39, 0.29) is 6.10 Å². The van der Waals surface area contributed by atoms with Crippen LogP contribution in [-0.4, -0.2) is 27.6 Å². The van der Waals surface area contributed by atoms with Crippen LogP contribution in [0.25, 0.3) is 11.3 Å². The number of nitrogens with zero attached hydrogens (tertiary/aromatic N) is 3. The molecule has 0 saturated heterocycles. The van der Waals surface area contributed by atoms with Gasteiger partial charge in [0, 0.05) is 24.5 Å². The van der Waals surface area contributed by atoms with Gasteiger partial charge in [-0.1, -0.05) is 0 Å². The molecule has 0 spiro atoms. The average molecular weight is 272 g/mol. The third-order valence-corrected chi connectivity index (χ3v) is 2.66. The van der Waals surface area contributed by atoms with Gasteiger partial charge in [0.25, 0.3) is 0 Å². The highest BCUT2D eigenvalue weighted by atomic mass is 16.5. The fraction of sp³-hybridized carbons (Fsp3) is 0.400. The molecule has 0 aliphatic heterocycles. The van der Waals surface area contributed by atoms with Gasteiger partial charge in [0.15, 0.2) is 0 Å². The zero-order valence-electron chi connectivity index (χ0n) is 12.3. The van der Waals surface area contributed by atoms with Gasteiger partial charge < -0.3 is 10.1 Å². The zero-order chi connectivity index (χ0) is 14.5. The van der Waals surface area contributed by atoms with Crippen LogP contribution in [0.3, 0.4) is 0 Å². The number of hydrogen-bond acceptors (Lipinski definition) is 5. The van der Waals surface area contributed by atoms with Crippen LogP contribution in [0.1, 0.15) is 26.3 Å². The summed E-state index contributed by atoms with van der Waals surface area (Å²) in [5.41, 5.74) is 2.81. The number of aryl methyl sites for hydroxylation is 1. The molecule has 0 atom stereocenters. The second-order valence-corrected chi connectivity index (χ2v) is 4.83. The van der Waals surface area contributed by atoms with E-state index in [1.54, 1.807) is 12.4 Å². The fourth-order valence-electron chi connectivity index (χ4n) is 1.86. The van der Waals surface area contributed by atoms with Gasteiger partial charge in [0.1, 0.15) is 5.75 Å². The molecule has 2 rings (SSSR count). The summed E-state index contributed by atoms with van der Waals surface area (Å²) in [4.78, 5) is 13.0. The van der Waals surface area contributed by atoms with Crippen LogP contribution in [0, 0.1) is 6.92 Å². The van der Waals surface area contributed by atoms with Gasteiger partial charge >= 0.3 is 0 Å². The highest BCUT2D eigenvalue weighted by molar-refractivity contribution is 5.64. The molecule has 0 aromatic carbocycles. The molecule has 0 fully saturated rings. The maximum absolute atomic E-state index is 5.67. The van der Waals surface area contributed by atoms with Crippen molar-refractivity contribution in [2.75, 3.05) is 11.9 Å². The third kappa shape index (κ3) is 3.44. The van der Waals surface area contributed by atoms with Crippen molar-refractivity contribution in [3.05, 3.63) is 30.2 Å². The van der Waals surface area contributed by atoms with Crippen molar-refractivity contribution >= 4 is 5.95 Å². The van der Waals surface area contributed by atoms with E-state index >= 15 is 0 Å². The SMILES string of the molecule is CCNc1ncc(C)c(-c2cncc(OC(C)C)c2)n1. The zero-order valence-corrected chi connectivity index (χ0v) is 12.3. The first-order valence-electron chi connectivity index (χ1n) is 6.79. The standard InChI is InChI=1S/C15H20N4O/c1-5-17-15-18-7-11(4)14(19-15)12-6-13(9-16-8-12)20-10(2)3/h6-10H,5H2,1-4H3,(H,17,18,19). The Morgan fingerprint density at radius 1 is 1.25 bits per heavy atom. The monoisotopic (exact) mass is 272 g/mol. The second-order valence-electron chi connectivity index (χ2n) is 4.83. The predicted molar refractivity (Wildman–Crippen MR) is 79.9 cm³/mol. The van der Waals surface area contributed by atoms with Crippen molar-refractivity contribution in [3.63, 3.8) is 0 Å². The molecule has 0 saturated carbocycles. The van der Waals surface area contributed by atoms with E-state index in [4.69, 9.17) is 4.74 Å². The Balaban J connectivity index is 2.37. The lowest BCUT2D eigenvalue weighted by Gasteiger charge is -2.11. The molecule has 1 N–H and O–H groups in total. The molecule has 20 heavy (non-hydrogen) atoms. The largest absolute Gasteiger partial charge is 0.489 e. The number of aromatic nitrogens is 3. The first kappa shape index (κ1) is 14.2. The molecule has 0 bridgehead atoms. The highest BCUT2D eigenvalue weighted by Crippen LogP contribution is 2.24. The van der Waals surface area contributed by atoms with E-state index < -0.39 is 0 Å². The molecule has 5 heteroatoms. The maximum atomic E-state index is 5.67. The van der Waals surface area contributed by atoms with Gasteiger partial charge in [-0.05, 0) is 39.3 Å². The summed E-state index contributed by atoms with van der Waals surface area (Å²) in [5.74, 6) is 1.38. The molecular weight excluding hydrogens is 252 g/mol. The minimum atomic E-state index is 0.121. The summed E-state index contributed by atoms with van der Waals surface area (Å²) in [6, 6.07) is 1.96. The van der Waals surface area contributed by atoms with Crippen molar-refractivity contribution in [1.29, 1.82) is 0 Å². The number of anilines is 1. The summed E-state index contributed by atoms with van der Waals surface area (Å²) < 4.78 is 5.67. The lowest BCUT2D eigenvalue weighted by molar-refractivity contribution is 0.241. The number of nitrogens with one attached hydrogen (secondary N) is 1. The van der Waals surface area contributed by atoms with Gasteiger partial charge in [-0.3, -0.25) is 4.98 Å². The molecule has 0 unspecified atom stereocenters. The number of ether oxygens (including phenoxy) is 1. The molecule has 0 aliphatic rings. The Labute approximate surface area is 119 Å². The normalized spacial score (nSPS) is 10.7. The number of hydrogen-bond donors (Lipinski definition) is 1. The van der Waals surface area contributed by atoms with E-state index in [9.17, 15) is 0 Å². The van der Waals surface area contributed by atoms with Gasteiger partial charge in [0.05, 0.1) is 18.0 Å². The van der Waals surface area contributed by atoms with Crippen LogP contribution in [0.2, 0.25) is 0 Å². The number of pyridine rings is 1. The molecule has 2 aromatic rings. The lowest BCUT2D eigenvalue weighted by atomic mass is 10.1. The van der Waals surface area contributed by atoms with Crippen LogP contribution in [0.4, 0.5) is 5.95 Å². The summed E-state index contributed by atoms with van der Waals surface area (Å²) in [5, 5.41) is 3.12. The Morgan fingerprint density at radius 2 is 2.05 bits per heavy atom. The molecule has 0 radical (unpaired) electrons. The van der Waals surface area contributed by atoms with E-state index in [2.05, 4.69) is 20.3 Å². The Bertz CT molecular complexity index is 584. The van der Waals surface area contributed by atoms with Gasteiger partial charge in [0.2, 0.25) is 5.95 Å². The van der Waals surface area contributed by atoms with Crippen LogP contribution in [-0.2, 0) is 0 Å². The van der Waals surface area contributed by atoms with Crippen molar-refractivity contribution in [2.24, 2.45) is 0 Å². The Kier molecular flexibility index (Phi) is 4.50. The van der Waals surface area contributed by atoms with Crippen molar-refractivity contribution in [1.82, 2.24) is 15.0 Å². The average Bonchev–Trinajstić information content (AvgIpc) is 2.41. The Morgan fingerprint density at radius 3 is 2.75 bits per heavy atom. The number of rotatable bonds is 5. The molecule has 2 aromatic heterocycles. The van der Waals surface area contributed by atoms with Gasteiger partial charge in [-0.15, -0.1) is 0 Å². The van der Waals surface area contributed by atoms with E-state index in [0.717, 1.165) is 29.1 Å². The van der Waals surface area contributed by atoms with Crippen molar-refractivity contribution < 1.29 is 4.74 Å². The molecule has 2 heterocycles. The van der Waals surface area contributed by atoms with Crippen molar-refractivity contribution in [3.8, 4) is 17.0 Å². The van der Waals surface area contributed by atoms with Gasteiger partial charge in [-0.25, -0.2) is 9.97 Å². The minimum absolute atomic E-state index is 0.121. The first-order valence-corrected chi connectivity index (χ1v) is 6.79. The quantitative estimate of drug-likeness (QED) is 0.906. The first-order chi connectivity index (χ1) is 9.60. The summed E-state index contributed by atoms with van der Waals surface area (Å²) in [6.45, 7) is 8.78. The van der Waals surface area contributed by atoms with E-state index in [0.29, 0.717) is 5.95 Å². The molecule has 0 aliphatic carbocycles. The van der Waals surface area contributed by atoms with Gasteiger partial charge in [-0.2, -0.15) is 0 Å². The summed E-state index contributed by atoms with van der Waals surface area (Å²) in [7, 11) is 0. The van der Waals surface area contributed by atoms with Crippen LogP contribution in [0.5, 0.6) is 5.75 Å². The second kappa shape index (κ2) is 6.32. The van der Waals surface area contributed by atoms with Crippen LogP contribution >= 0.6 is 0 Å². The van der Waals surface area contributed by atoms with E-state index in [1.165, 1.54) is 0 Å². The lowest BCUT2D eigenvalue weighted by Crippen LogP contribution is -2.06. The highest BCUT2D eigenvalue weighted by Gasteiger charge is 2.08. The fourth-order valence-corrected chi connectivity index (χ4v) is 1.86. The third-order valence-electron chi connectivity index (χ3n) is 2.66. The van der Waals surface area contributed by atoms with E-state index in [1.807, 2.05) is 40.0 Å². The predicted octanol–water partition coefficient (Wildman–Crippen LogP) is 3.07. The summed E-state index contributed by atoms with van der Waals surface area (Å²) >= 11 is 0. The van der Waals surface area contributed by atoms with Crippen molar-refractivity contribution in [2.45, 2.75) is 33.8 Å². The molecule has 0 amide bonds. The molecule has 106 valence electrons. The molecular formula is C15H20N4O. The topological polar surface area (TPSA) is 59.9 Å². The Hall–Kier alpha value is -2.17. The maximum Gasteiger partial charge on any atom is 0.223 e. The van der Waals surface area contributed by atoms with Crippen LogP contribution in [0.15, 0.2) is 24.7 Å². The smallest absolute Gasteiger partial charge is 0.223 e. The van der Waals surface area contributed by atoms with Crippen LogP contribution < -0.4 is 10.1 Å². The summed E-state index contributed by atoms with van der Waals surface area (Å²) in [6.07, 6.45) is 5.44. The minimum Gasteiger partial charge on any atom is -0.489 e.